The standard InChI is InChI=1S/C12H11N3O6/c1-15-10(18)7-3-2-6(4-8(7)11(15)19)13-12(20)14-21-5-9(16)17/h2-4H,5H2,1H3,(H,16,17)(H2,13,14,20). The quantitative estimate of drug-likeness (QED) is 0.532. The normalized spacial score (nSPS) is 13.1. The first kappa shape index (κ1) is 14.5. The van der Waals surface area contributed by atoms with Crippen molar-refractivity contribution in [3.8, 4) is 0 Å². The Bertz CT molecular complexity index is 642. The van der Waals surface area contributed by atoms with Crippen LogP contribution in [0.5, 0.6) is 0 Å². The molecule has 0 saturated carbocycles. The van der Waals surface area contributed by atoms with Crippen LogP contribution >= 0.6 is 0 Å². The molecular formula is C12H11N3O6. The van der Waals surface area contributed by atoms with Crippen LogP contribution in [0, 0.1) is 0 Å². The van der Waals surface area contributed by atoms with Gasteiger partial charge in [-0.1, -0.05) is 0 Å². The molecule has 1 aliphatic heterocycles. The number of hydrogen-bond donors (Lipinski definition) is 3. The van der Waals surface area contributed by atoms with Crippen LogP contribution in [0.4, 0.5) is 10.5 Å². The Morgan fingerprint density at radius 3 is 2.57 bits per heavy atom. The van der Waals surface area contributed by atoms with Gasteiger partial charge in [-0.15, -0.1) is 0 Å². The Labute approximate surface area is 118 Å². The minimum absolute atomic E-state index is 0.187. The van der Waals surface area contributed by atoms with Crippen LogP contribution in [-0.4, -0.2) is 47.5 Å². The molecule has 1 aliphatic rings. The third-order valence-corrected chi connectivity index (χ3v) is 2.71. The Morgan fingerprint density at radius 1 is 1.24 bits per heavy atom. The van der Waals surface area contributed by atoms with E-state index < -0.39 is 30.4 Å². The second kappa shape index (κ2) is 5.59. The average Bonchev–Trinajstić information content (AvgIpc) is 2.63. The van der Waals surface area contributed by atoms with E-state index in [0.29, 0.717) is 0 Å². The lowest BCUT2D eigenvalue weighted by atomic mass is 10.1. The number of hydrogen-bond acceptors (Lipinski definition) is 5. The maximum Gasteiger partial charge on any atom is 0.343 e. The molecule has 110 valence electrons. The van der Waals surface area contributed by atoms with Crippen molar-refractivity contribution in [2.45, 2.75) is 0 Å². The van der Waals surface area contributed by atoms with Gasteiger partial charge in [0.1, 0.15) is 0 Å². The highest BCUT2D eigenvalue weighted by molar-refractivity contribution is 6.21. The molecule has 0 unspecified atom stereocenters. The van der Waals surface area contributed by atoms with E-state index in [0.717, 1.165) is 4.90 Å². The van der Waals surface area contributed by atoms with E-state index >= 15 is 0 Å². The van der Waals surface area contributed by atoms with Crippen molar-refractivity contribution < 1.29 is 29.1 Å². The van der Waals surface area contributed by atoms with Crippen molar-refractivity contribution in [2.24, 2.45) is 0 Å². The molecule has 9 heteroatoms. The van der Waals surface area contributed by atoms with Gasteiger partial charge in [-0.3, -0.25) is 19.3 Å². The first-order valence-corrected chi connectivity index (χ1v) is 5.77. The maximum absolute atomic E-state index is 11.8. The van der Waals surface area contributed by atoms with Crippen LogP contribution in [0.1, 0.15) is 20.7 Å². The first-order chi connectivity index (χ1) is 9.90. The number of carbonyl (C=O) groups excluding carboxylic acids is 3. The van der Waals surface area contributed by atoms with Crippen LogP contribution in [0.2, 0.25) is 0 Å². The summed E-state index contributed by atoms with van der Waals surface area (Å²) in [6, 6.07) is 3.42. The number of aliphatic carboxylic acids is 1. The minimum Gasteiger partial charge on any atom is -0.479 e. The second-order valence-corrected chi connectivity index (χ2v) is 4.17. The number of benzene rings is 1. The van der Waals surface area contributed by atoms with Gasteiger partial charge in [0, 0.05) is 12.7 Å². The fraction of sp³-hybridized carbons (Fsp3) is 0.167. The van der Waals surface area contributed by atoms with Crippen LogP contribution in [0.25, 0.3) is 0 Å². The minimum atomic E-state index is -1.24. The van der Waals surface area contributed by atoms with Gasteiger partial charge in [0.25, 0.3) is 11.8 Å². The summed E-state index contributed by atoms with van der Waals surface area (Å²) in [5.41, 5.74) is 2.58. The number of rotatable bonds is 4. The number of carboxylic acids is 1. The monoisotopic (exact) mass is 293 g/mol. The van der Waals surface area contributed by atoms with Crippen LogP contribution in [-0.2, 0) is 9.63 Å². The number of imide groups is 1. The van der Waals surface area contributed by atoms with Crippen LogP contribution in [0.15, 0.2) is 18.2 Å². The summed E-state index contributed by atoms with van der Waals surface area (Å²) >= 11 is 0. The van der Waals surface area contributed by atoms with Crippen molar-refractivity contribution in [1.82, 2.24) is 10.4 Å². The van der Waals surface area contributed by atoms with Gasteiger partial charge in [0.15, 0.2) is 6.61 Å². The van der Waals surface area contributed by atoms with E-state index in [1.54, 1.807) is 0 Å². The van der Waals surface area contributed by atoms with Gasteiger partial charge in [-0.05, 0) is 18.2 Å². The summed E-state index contributed by atoms with van der Waals surface area (Å²) < 4.78 is 0. The maximum atomic E-state index is 11.8. The van der Waals surface area contributed by atoms with Crippen molar-refractivity contribution in [3.05, 3.63) is 29.3 Å². The number of nitrogens with one attached hydrogen (secondary N) is 2. The molecular weight excluding hydrogens is 282 g/mol. The summed E-state index contributed by atoms with van der Waals surface area (Å²) in [6.45, 7) is -0.685. The van der Waals surface area contributed by atoms with Gasteiger partial charge in [-0.25, -0.2) is 15.1 Å². The lowest BCUT2D eigenvalue weighted by Crippen LogP contribution is -2.30. The van der Waals surface area contributed by atoms with E-state index in [4.69, 9.17) is 5.11 Å². The number of fused-ring (bicyclic) bond motifs is 1. The molecule has 0 fully saturated rings. The molecule has 0 aromatic heterocycles. The van der Waals surface area contributed by atoms with E-state index in [2.05, 4.69) is 10.2 Å². The summed E-state index contributed by atoms with van der Waals surface area (Å²) in [5.74, 6) is -2.10. The summed E-state index contributed by atoms with van der Waals surface area (Å²) in [6.07, 6.45) is 0. The number of urea groups is 1. The average molecular weight is 293 g/mol. The summed E-state index contributed by atoms with van der Waals surface area (Å²) in [7, 11) is 1.37. The van der Waals surface area contributed by atoms with Gasteiger partial charge in [0.2, 0.25) is 0 Å². The highest BCUT2D eigenvalue weighted by atomic mass is 16.7. The largest absolute Gasteiger partial charge is 0.479 e. The Kier molecular flexibility index (Phi) is 3.85. The number of carboxylic acid groups (broad SMARTS) is 1. The van der Waals surface area contributed by atoms with Crippen molar-refractivity contribution in [2.75, 3.05) is 19.0 Å². The second-order valence-electron chi connectivity index (χ2n) is 4.17. The van der Waals surface area contributed by atoms with Crippen LogP contribution in [0.3, 0.4) is 0 Å². The molecule has 0 saturated heterocycles. The Morgan fingerprint density at radius 2 is 1.90 bits per heavy atom. The summed E-state index contributed by atoms with van der Waals surface area (Å²) in [4.78, 5) is 50.4. The van der Waals surface area contributed by atoms with E-state index in [1.165, 1.54) is 25.2 Å². The predicted octanol–water partition coefficient (Wildman–Crippen LogP) is 0.0501. The smallest absolute Gasteiger partial charge is 0.343 e. The lowest BCUT2D eigenvalue weighted by molar-refractivity contribution is -0.143. The molecule has 1 aromatic carbocycles. The molecule has 3 N–H and O–H groups in total. The molecule has 0 radical (unpaired) electrons. The zero-order chi connectivity index (χ0) is 15.6. The molecule has 0 aliphatic carbocycles. The molecule has 0 spiro atoms. The molecule has 21 heavy (non-hydrogen) atoms. The number of hydroxylamine groups is 1. The molecule has 0 atom stereocenters. The third-order valence-electron chi connectivity index (χ3n) is 2.71. The zero-order valence-corrected chi connectivity index (χ0v) is 10.9. The lowest BCUT2D eigenvalue weighted by Gasteiger charge is -2.07. The van der Waals surface area contributed by atoms with Crippen molar-refractivity contribution in [3.63, 3.8) is 0 Å². The zero-order valence-electron chi connectivity index (χ0n) is 10.9. The van der Waals surface area contributed by atoms with Gasteiger partial charge in [0.05, 0.1) is 11.1 Å². The topological polar surface area (TPSA) is 125 Å². The van der Waals surface area contributed by atoms with Gasteiger partial charge >= 0.3 is 12.0 Å². The van der Waals surface area contributed by atoms with Gasteiger partial charge < -0.3 is 10.4 Å². The fourth-order valence-corrected chi connectivity index (χ4v) is 1.76. The number of anilines is 1. The number of amides is 4. The highest BCUT2D eigenvalue weighted by Gasteiger charge is 2.32. The molecule has 1 heterocycles. The first-order valence-electron chi connectivity index (χ1n) is 5.77. The van der Waals surface area contributed by atoms with E-state index in [-0.39, 0.29) is 16.8 Å². The molecule has 9 nitrogen and oxygen atoms in total. The molecule has 0 bridgehead atoms. The molecule has 1 aromatic rings. The predicted molar refractivity (Wildman–Crippen MR) is 68.6 cm³/mol. The number of carbonyl (C=O) groups is 4. The summed E-state index contributed by atoms with van der Waals surface area (Å²) in [5, 5.41) is 10.7. The number of nitrogens with zero attached hydrogens (tertiary/aromatic N) is 1. The fourth-order valence-electron chi connectivity index (χ4n) is 1.76. The molecule has 4 amide bonds. The van der Waals surface area contributed by atoms with Crippen LogP contribution < -0.4 is 10.8 Å². The van der Waals surface area contributed by atoms with E-state index in [9.17, 15) is 19.2 Å². The SMILES string of the molecule is CN1C(=O)c2ccc(NC(=O)NOCC(=O)O)cc2C1=O. The van der Waals surface area contributed by atoms with Gasteiger partial charge in [-0.2, -0.15) is 0 Å². The third kappa shape index (κ3) is 2.98. The van der Waals surface area contributed by atoms with Crippen molar-refractivity contribution >= 4 is 29.5 Å². The Balaban J connectivity index is 2.04. The Hall–Kier alpha value is -2.94. The van der Waals surface area contributed by atoms with Crippen molar-refractivity contribution in [1.29, 1.82) is 0 Å². The van der Waals surface area contributed by atoms with E-state index in [1.807, 2.05) is 5.48 Å². The highest BCUT2D eigenvalue weighted by Crippen LogP contribution is 2.24. The molecule has 2 rings (SSSR count).